The highest BCUT2D eigenvalue weighted by molar-refractivity contribution is 7.20. The first kappa shape index (κ1) is 14.6. The number of thiophene rings is 1. The van der Waals surface area contributed by atoms with E-state index in [2.05, 4.69) is 10.2 Å². The average molecular weight is 339 g/mol. The Kier molecular flexibility index (Phi) is 3.20. The number of nitrogens with two attached hydrogens (primary N) is 1. The number of fused-ring (bicyclic) bond motifs is 3. The molecule has 3 heterocycles. The molecule has 4 rings (SSSR count). The molecule has 120 valence electrons. The Morgan fingerprint density at radius 1 is 1.29 bits per heavy atom. The third kappa shape index (κ3) is 2.04. The zero-order valence-electron chi connectivity index (χ0n) is 12.8. The van der Waals surface area contributed by atoms with Crippen molar-refractivity contribution in [2.45, 2.75) is 13.5 Å². The van der Waals surface area contributed by atoms with Crippen LogP contribution in [0.3, 0.4) is 0 Å². The highest BCUT2D eigenvalue weighted by Crippen LogP contribution is 2.28. The van der Waals surface area contributed by atoms with Crippen molar-refractivity contribution in [3.05, 3.63) is 63.0 Å². The second-order valence-corrected chi connectivity index (χ2v) is 6.48. The van der Waals surface area contributed by atoms with Gasteiger partial charge in [-0.05, 0) is 18.1 Å². The van der Waals surface area contributed by atoms with E-state index in [0.29, 0.717) is 33.0 Å². The molecule has 0 radical (unpaired) electrons. The van der Waals surface area contributed by atoms with E-state index in [1.165, 1.54) is 11.3 Å². The zero-order valence-corrected chi connectivity index (χ0v) is 13.6. The maximum Gasteiger partial charge on any atom is 0.264 e. The lowest BCUT2D eigenvalue weighted by Crippen LogP contribution is -2.23. The molecule has 0 atom stereocenters. The molecule has 0 fully saturated rings. The summed E-state index contributed by atoms with van der Waals surface area (Å²) in [6.07, 6.45) is 1.54. The number of amides is 1. The number of rotatable bonds is 3. The van der Waals surface area contributed by atoms with Crippen molar-refractivity contribution < 1.29 is 4.79 Å². The molecule has 0 bridgehead atoms. The number of hydrogen-bond acceptors (Lipinski definition) is 5. The van der Waals surface area contributed by atoms with Crippen molar-refractivity contribution >= 4 is 33.2 Å². The van der Waals surface area contributed by atoms with Gasteiger partial charge >= 0.3 is 0 Å². The molecular formula is C16H13N5O2S. The van der Waals surface area contributed by atoms with Gasteiger partial charge in [-0.3, -0.25) is 18.6 Å². The van der Waals surface area contributed by atoms with E-state index in [-0.39, 0.29) is 5.56 Å². The van der Waals surface area contributed by atoms with Gasteiger partial charge in [-0.15, -0.1) is 21.5 Å². The minimum absolute atomic E-state index is 0.199. The SMILES string of the molecule is Cc1c(C(N)=O)sc2c1c(=O)n(Cc1ccccc1)c1nncn21. The van der Waals surface area contributed by atoms with E-state index < -0.39 is 5.91 Å². The van der Waals surface area contributed by atoms with E-state index >= 15 is 0 Å². The lowest BCUT2D eigenvalue weighted by atomic mass is 10.2. The average Bonchev–Trinajstić information content (AvgIpc) is 3.17. The summed E-state index contributed by atoms with van der Waals surface area (Å²) in [6.45, 7) is 2.11. The lowest BCUT2D eigenvalue weighted by molar-refractivity contribution is 0.100. The van der Waals surface area contributed by atoms with Crippen LogP contribution in [-0.4, -0.2) is 25.1 Å². The Balaban J connectivity index is 2.07. The van der Waals surface area contributed by atoms with Gasteiger partial charge < -0.3 is 5.73 Å². The van der Waals surface area contributed by atoms with Gasteiger partial charge in [0, 0.05) is 0 Å². The van der Waals surface area contributed by atoms with Crippen LogP contribution in [0, 0.1) is 6.92 Å². The van der Waals surface area contributed by atoms with Crippen LogP contribution in [0.15, 0.2) is 41.5 Å². The van der Waals surface area contributed by atoms with E-state index in [9.17, 15) is 9.59 Å². The minimum atomic E-state index is -0.538. The molecule has 8 heteroatoms. The monoisotopic (exact) mass is 339 g/mol. The van der Waals surface area contributed by atoms with Crippen LogP contribution in [0.4, 0.5) is 0 Å². The lowest BCUT2D eigenvalue weighted by Gasteiger charge is -2.08. The fourth-order valence-electron chi connectivity index (χ4n) is 2.85. The molecule has 0 aliphatic heterocycles. The molecular weight excluding hydrogens is 326 g/mol. The predicted molar refractivity (Wildman–Crippen MR) is 91.4 cm³/mol. The van der Waals surface area contributed by atoms with Crippen molar-refractivity contribution in [1.29, 1.82) is 0 Å². The predicted octanol–water partition coefficient (Wildman–Crippen LogP) is 1.56. The van der Waals surface area contributed by atoms with Gasteiger partial charge in [-0.2, -0.15) is 0 Å². The van der Waals surface area contributed by atoms with Gasteiger partial charge in [0.1, 0.15) is 11.2 Å². The first-order valence-corrected chi connectivity index (χ1v) is 8.09. The standard InChI is InChI=1S/C16H13N5O2S/c1-9-11-14(23)20(7-10-5-3-2-4-6-10)16-19-18-8-21(16)15(11)24-12(9)13(17)22/h2-6,8H,7H2,1H3,(H2,17,22). The summed E-state index contributed by atoms with van der Waals surface area (Å²) in [5.74, 6) is -0.0995. The number of hydrogen-bond donors (Lipinski definition) is 1. The van der Waals surface area contributed by atoms with Gasteiger partial charge in [0.05, 0.1) is 16.8 Å². The molecule has 1 aromatic carbocycles. The molecule has 1 amide bonds. The van der Waals surface area contributed by atoms with Gasteiger partial charge in [0.25, 0.3) is 11.5 Å². The minimum Gasteiger partial charge on any atom is -0.365 e. The number of aryl methyl sites for hydroxylation is 1. The number of primary amides is 1. The van der Waals surface area contributed by atoms with E-state index in [4.69, 9.17) is 5.73 Å². The largest absolute Gasteiger partial charge is 0.365 e. The third-order valence-corrected chi connectivity index (χ3v) is 5.29. The third-order valence-electron chi connectivity index (χ3n) is 3.98. The Labute approximate surface area is 140 Å². The van der Waals surface area contributed by atoms with Crippen molar-refractivity contribution in [3.63, 3.8) is 0 Å². The molecule has 0 saturated carbocycles. The quantitative estimate of drug-likeness (QED) is 0.613. The summed E-state index contributed by atoms with van der Waals surface area (Å²) < 4.78 is 3.29. The van der Waals surface area contributed by atoms with Crippen molar-refractivity contribution in [2.24, 2.45) is 5.73 Å². The van der Waals surface area contributed by atoms with Gasteiger partial charge in [0.2, 0.25) is 5.78 Å². The summed E-state index contributed by atoms with van der Waals surface area (Å²) in [4.78, 5) is 25.7. The smallest absolute Gasteiger partial charge is 0.264 e. The number of carbonyl (C=O) groups excluding carboxylic acids is 1. The van der Waals surface area contributed by atoms with Crippen molar-refractivity contribution in [3.8, 4) is 0 Å². The van der Waals surface area contributed by atoms with Crippen LogP contribution in [0.1, 0.15) is 20.8 Å². The fourth-order valence-corrected chi connectivity index (χ4v) is 3.96. The molecule has 0 unspecified atom stereocenters. The normalized spacial score (nSPS) is 11.4. The van der Waals surface area contributed by atoms with Gasteiger partial charge in [-0.25, -0.2) is 0 Å². The van der Waals surface area contributed by atoms with Crippen LogP contribution in [0.5, 0.6) is 0 Å². The number of carbonyl (C=O) groups is 1. The van der Waals surface area contributed by atoms with Crippen LogP contribution >= 0.6 is 11.3 Å². The summed E-state index contributed by atoms with van der Waals surface area (Å²) in [5, 5.41) is 8.48. The molecule has 0 aliphatic carbocycles. The summed E-state index contributed by atoms with van der Waals surface area (Å²) in [6, 6.07) is 9.64. The van der Waals surface area contributed by atoms with Crippen LogP contribution in [0.25, 0.3) is 16.0 Å². The molecule has 0 saturated heterocycles. The van der Waals surface area contributed by atoms with Gasteiger partial charge in [-0.1, -0.05) is 30.3 Å². The van der Waals surface area contributed by atoms with Crippen LogP contribution in [-0.2, 0) is 6.54 Å². The fraction of sp³-hybridized carbons (Fsp3) is 0.125. The Morgan fingerprint density at radius 2 is 2.04 bits per heavy atom. The Bertz CT molecular complexity index is 1140. The number of aromatic nitrogens is 4. The maximum absolute atomic E-state index is 13.0. The maximum atomic E-state index is 13.0. The van der Waals surface area contributed by atoms with Crippen molar-refractivity contribution in [2.75, 3.05) is 0 Å². The first-order chi connectivity index (χ1) is 11.6. The first-order valence-electron chi connectivity index (χ1n) is 7.27. The Morgan fingerprint density at radius 3 is 2.75 bits per heavy atom. The van der Waals surface area contributed by atoms with E-state index in [0.717, 1.165) is 5.56 Å². The highest BCUT2D eigenvalue weighted by Gasteiger charge is 2.21. The molecule has 4 aromatic rings. The molecule has 7 nitrogen and oxygen atoms in total. The molecule has 0 aliphatic rings. The second kappa shape index (κ2) is 5.27. The number of benzene rings is 1. The molecule has 2 N–H and O–H groups in total. The van der Waals surface area contributed by atoms with E-state index in [1.807, 2.05) is 30.3 Å². The molecule has 0 spiro atoms. The van der Waals surface area contributed by atoms with E-state index in [1.54, 1.807) is 22.2 Å². The topological polar surface area (TPSA) is 95.3 Å². The molecule has 3 aromatic heterocycles. The number of nitrogens with zero attached hydrogens (tertiary/aromatic N) is 4. The molecule has 24 heavy (non-hydrogen) atoms. The van der Waals surface area contributed by atoms with Crippen molar-refractivity contribution in [1.82, 2.24) is 19.2 Å². The zero-order chi connectivity index (χ0) is 16.8. The Hall–Kier alpha value is -3.00. The summed E-state index contributed by atoms with van der Waals surface area (Å²) >= 11 is 1.19. The summed E-state index contributed by atoms with van der Waals surface area (Å²) in [7, 11) is 0. The summed E-state index contributed by atoms with van der Waals surface area (Å²) in [5.41, 5.74) is 6.81. The highest BCUT2D eigenvalue weighted by atomic mass is 32.1. The second-order valence-electron chi connectivity index (χ2n) is 5.48. The van der Waals surface area contributed by atoms with Crippen LogP contribution < -0.4 is 11.3 Å². The van der Waals surface area contributed by atoms with Crippen LogP contribution in [0.2, 0.25) is 0 Å². The van der Waals surface area contributed by atoms with Gasteiger partial charge in [0.15, 0.2) is 0 Å².